The number of carbonyl (C=O) groups is 4. The number of carboxylic acid groups (broad SMARTS) is 2. The topological polar surface area (TPSA) is 146 Å². The van der Waals surface area contributed by atoms with Crippen molar-refractivity contribution in [1.29, 1.82) is 0 Å². The summed E-state index contributed by atoms with van der Waals surface area (Å²) in [4.78, 5) is 52.8. The molecule has 9 nitrogen and oxygen atoms in total. The van der Waals surface area contributed by atoms with Crippen LogP contribution in [0.25, 0.3) is 11.3 Å². The van der Waals surface area contributed by atoms with Crippen molar-refractivity contribution < 1.29 is 29.4 Å². The molecule has 13 heteroatoms. The van der Waals surface area contributed by atoms with Gasteiger partial charge in [0.05, 0.1) is 33.2 Å². The highest BCUT2D eigenvalue weighted by molar-refractivity contribution is 8.00. The first-order valence-electron chi connectivity index (χ1n) is 11.0. The van der Waals surface area contributed by atoms with E-state index >= 15 is 0 Å². The van der Waals surface area contributed by atoms with Crippen molar-refractivity contribution in [1.82, 2.24) is 4.98 Å². The van der Waals surface area contributed by atoms with Gasteiger partial charge in [-0.3, -0.25) is 9.59 Å². The summed E-state index contributed by atoms with van der Waals surface area (Å²) in [5, 5.41) is 27.0. The lowest BCUT2D eigenvalue weighted by Crippen LogP contribution is -2.17. The molecular formula is C26H17Cl2N3O6S2. The van der Waals surface area contributed by atoms with E-state index < -0.39 is 23.4 Å². The fourth-order valence-corrected chi connectivity index (χ4v) is 5.27. The Labute approximate surface area is 239 Å². The third kappa shape index (κ3) is 7.15. The number of aromatic carboxylic acids is 2. The maximum Gasteiger partial charge on any atom is 0.336 e. The molecule has 0 bridgehead atoms. The average molecular weight is 602 g/mol. The van der Waals surface area contributed by atoms with Crippen molar-refractivity contribution in [3.8, 4) is 11.3 Å². The van der Waals surface area contributed by atoms with E-state index in [0.29, 0.717) is 32.1 Å². The van der Waals surface area contributed by atoms with Crippen molar-refractivity contribution >= 4 is 80.9 Å². The number of anilines is 2. The molecule has 0 saturated carbocycles. The number of hydrogen-bond acceptors (Lipinski definition) is 7. The molecule has 1 heterocycles. The Morgan fingerprint density at radius 2 is 1.62 bits per heavy atom. The van der Waals surface area contributed by atoms with E-state index in [1.807, 2.05) is 0 Å². The van der Waals surface area contributed by atoms with Gasteiger partial charge < -0.3 is 20.8 Å². The lowest BCUT2D eigenvalue weighted by atomic mass is 10.0. The van der Waals surface area contributed by atoms with E-state index in [2.05, 4.69) is 15.6 Å². The summed E-state index contributed by atoms with van der Waals surface area (Å²) < 4.78 is 0. The Morgan fingerprint density at radius 1 is 0.872 bits per heavy atom. The molecular weight excluding hydrogens is 585 g/mol. The van der Waals surface area contributed by atoms with E-state index in [1.54, 1.807) is 47.8 Å². The maximum absolute atomic E-state index is 12.6. The first kappa shape index (κ1) is 28.1. The number of hydrogen-bond donors (Lipinski definition) is 4. The Hall–Kier alpha value is -3.90. The third-order valence-electron chi connectivity index (χ3n) is 5.18. The van der Waals surface area contributed by atoms with Gasteiger partial charge >= 0.3 is 11.9 Å². The van der Waals surface area contributed by atoms with Gasteiger partial charge in [0.1, 0.15) is 0 Å². The number of thiazole rings is 1. The van der Waals surface area contributed by atoms with Crippen LogP contribution in [0.15, 0.2) is 70.9 Å². The van der Waals surface area contributed by atoms with Crippen molar-refractivity contribution in [2.45, 2.75) is 4.90 Å². The molecule has 0 unspecified atom stereocenters. The second-order valence-electron chi connectivity index (χ2n) is 7.85. The lowest BCUT2D eigenvalue weighted by Gasteiger charge is -2.09. The van der Waals surface area contributed by atoms with Crippen LogP contribution in [0.4, 0.5) is 10.8 Å². The smallest absolute Gasteiger partial charge is 0.336 e. The number of carbonyl (C=O) groups excluding carboxylic acids is 2. The SMILES string of the molecule is O=C(CSc1ccc(NC(=O)c2ccc(C(=O)O)cc2C(=O)O)cc1)Nc1nc(-c2ccc(Cl)cc2Cl)cs1. The number of aromatic nitrogens is 1. The van der Waals surface area contributed by atoms with Crippen LogP contribution in [0.3, 0.4) is 0 Å². The molecule has 0 radical (unpaired) electrons. The highest BCUT2D eigenvalue weighted by Gasteiger charge is 2.19. The van der Waals surface area contributed by atoms with Gasteiger partial charge in [-0.05, 0) is 60.7 Å². The van der Waals surface area contributed by atoms with Gasteiger partial charge in [-0.1, -0.05) is 23.2 Å². The van der Waals surface area contributed by atoms with E-state index in [-0.39, 0.29) is 22.8 Å². The van der Waals surface area contributed by atoms with Crippen molar-refractivity contribution in [2.24, 2.45) is 0 Å². The zero-order chi connectivity index (χ0) is 28.1. The summed E-state index contributed by atoms with van der Waals surface area (Å²) in [6.07, 6.45) is 0. The van der Waals surface area contributed by atoms with Crippen LogP contribution in [0.1, 0.15) is 31.1 Å². The zero-order valence-electron chi connectivity index (χ0n) is 19.6. The molecule has 4 rings (SSSR count). The fraction of sp³-hybridized carbons (Fsp3) is 0.0385. The van der Waals surface area contributed by atoms with Crippen LogP contribution >= 0.6 is 46.3 Å². The molecule has 4 N–H and O–H groups in total. The van der Waals surface area contributed by atoms with Gasteiger partial charge in [-0.2, -0.15) is 0 Å². The molecule has 0 aliphatic rings. The molecule has 39 heavy (non-hydrogen) atoms. The normalized spacial score (nSPS) is 10.6. The van der Waals surface area contributed by atoms with E-state index in [1.165, 1.54) is 23.1 Å². The number of nitrogens with one attached hydrogen (secondary N) is 2. The zero-order valence-corrected chi connectivity index (χ0v) is 22.7. The Kier molecular flexibility index (Phi) is 8.87. The minimum absolute atomic E-state index is 0.111. The van der Waals surface area contributed by atoms with E-state index in [4.69, 9.17) is 28.3 Å². The second kappa shape index (κ2) is 12.3. The van der Waals surface area contributed by atoms with Crippen LogP contribution in [-0.4, -0.2) is 44.7 Å². The summed E-state index contributed by atoms with van der Waals surface area (Å²) in [5.74, 6) is -3.57. The van der Waals surface area contributed by atoms with Crippen molar-refractivity contribution in [3.05, 3.63) is 92.8 Å². The summed E-state index contributed by atoms with van der Waals surface area (Å²) >= 11 is 14.7. The molecule has 2 amide bonds. The van der Waals surface area contributed by atoms with E-state index in [9.17, 15) is 24.3 Å². The lowest BCUT2D eigenvalue weighted by molar-refractivity contribution is -0.113. The predicted molar refractivity (Wildman–Crippen MR) is 152 cm³/mol. The number of nitrogens with zero attached hydrogens (tertiary/aromatic N) is 1. The van der Waals surface area contributed by atoms with Crippen LogP contribution in [-0.2, 0) is 4.79 Å². The number of amides is 2. The van der Waals surface area contributed by atoms with Crippen LogP contribution < -0.4 is 10.6 Å². The maximum atomic E-state index is 12.6. The Bertz CT molecular complexity index is 1590. The summed E-state index contributed by atoms with van der Waals surface area (Å²) in [5.41, 5.74) is 0.881. The number of benzene rings is 3. The Morgan fingerprint density at radius 3 is 2.28 bits per heavy atom. The molecule has 0 aliphatic heterocycles. The van der Waals surface area contributed by atoms with Gasteiger partial charge in [-0.25, -0.2) is 14.6 Å². The molecule has 0 aliphatic carbocycles. The largest absolute Gasteiger partial charge is 0.478 e. The standard InChI is InChI=1S/C26H17Cl2N3O6S2/c27-14-2-8-18(20(28)10-14)21-11-39-26(30-21)31-22(32)12-38-16-5-3-15(4-6-16)29-23(33)17-7-1-13(24(34)35)9-19(17)25(36)37/h1-11H,12H2,(H,29,33)(H,34,35)(H,36,37)(H,30,31,32). The van der Waals surface area contributed by atoms with Gasteiger partial charge in [0.15, 0.2) is 5.13 Å². The molecule has 4 aromatic rings. The molecule has 1 aromatic heterocycles. The first-order chi connectivity index (χ1) is 18.6. The monoisotopic (exact) mass is 601 g/mol. The van der Waals surface area contributed by atoms with Gasteiger partial charge in [-0.15, -0.1) is 23.1 Å². The highest BCUT2D eigenvalue weighted by atomic mass is 35.5. The summed E-state index contributed by atoms with van der Waals surface area (Å²) in [7, 11) is 0. The van der Waals surface area contributed by atoms with Gasteiger partial charge in [0.2, 0.25) is 5.91 Å². The van der Waals surface area contributed by atoms with Gasteiger partial charge in [0, 0.05) is 26.5 Å². The molecule has 3 aromatic carbocycles. The van der Waals surface area contributed by atoms with Crippen molar-refractivity contribution in [3.63, 3.8) is 0 Å². The number of thioether (sulfide) groups is 1. The van der Waals surface area contributed by atoms with Gasteiger partial charge in [0.25, 0.3) is 5.91 Å². The molecule has 198 valence electrons. The summed E-state index contributed by atoms with van der Waals surface area (Å²) in [6, 6.07) is 14.9. The average Bonchev–Trinajstić information content (AvgIpc) is 3.35. The van der Waals surface area contributed by atoms with Crippen molar-refractivity contribution in [2.75, 3.05) is 16.4 Å². The minimum atomic E-state index is -1.42. The second-order valence-corrected chi connectivity index (χ2v) is 10.6. The number of carboxylic acids is 2. The minimum Gasteiger partial charge on any atom is -0.478 e. The Balaban J connectivity index is 1.32. The number of halogens is 2. The van der Waals surface area contributed by atoms with Crippen LogP contribution in [0.5, 0.6) is 0 Å². The van der Waals surface area contributed by atoms with Crippen LogP contribution in [0, 0.1) is 0 Å². The molecule has 0 fully saturated rings. The fourth-order valence-electron chi connectivity index (χ4n) is 3.34. The molecule has 0 atom stereocenters. The van der Waals surface area contributed by atoms with E-state index in [0.717, 1.165) is 23.1 Å². The first-order valence-corrected chi connectivity index (χ1v) is 13.6. The third-order valence-corrected chi connectivity index (χ3v) is 7.50. The van der Waals surface area contributed by atoms with Crippen LogP contribution in [0.2, 0.25) is 10.0 Å². The quantitative estimate of drug-likeness (QED) is 0.159. The number of rotatable bonds is 9. The summed E-state index contributed by atoms with van der Waals surface area (Å²) in [6.45, 7) is 0. The predicted octanol–water partition coefficient (Wildman–Crippen LogP) is 6.50. The molecule has 0 spiro atoms. The highest BCUT2D eigenvalue weighted by Crippen LogP contribution is 2.32. The molecule has 0 saturated heterocycles.